The summed E-state index contributed by atoms with van der Waals surface area (Å²) < 4.78 is 10.7. The van der Waals surface area contributed by atoms with Crippen LogP contribution in [0.2, 0.25) is 0 Å². The first kappa shape index (κ1) is 15.5. The zero-order chi connectivity index (χ0) is 16.4. The van der Waals surface area contributed by atoms with Crippen molar-refractivity contribution in [3.63, 3.8) is 0 Å². The first-order valence-corrected chi connectivity index (χ1v) is 7.96. The molecule has 2 fully saturated rings. The summed E-state index contributed by atoms with van der Waals surface area (Å²) in [6.07, 6.45) is 4.03. The smallest absolute Gasteiger partial charge is 0.314 e. The number of Topliss-reactive ketones (excluding diaryl/α,β-unsaturated/α-hetero) is 1. The highest BCUT2D eigenvalue weighted by atomic mass is 16.6. The molecule has 0 aromatic heterocycles. The molecule has 2 atom stereocenters. The fourth-order valence-electron chi connectivity index (χ4n) is 3.69. The Bertz CT molecular complexity index is 660. The zero-order valence-corrected chi connectivity index (χ0v) is 13.1. The van der Waals surface area contributed by atoms with Crippen LogP contribution in [0.1, 0.15) is 37.7 Å². The van der Waals surface area contributed by atoms with E-state index in [0.29, 0.717) is 35.7 Å². The van der Waals surface area contributed by atoms with Crippen LogP contribution in [-0.4, -0.2) is 18.9 Å². The number of benzene rings is 1. The number of hydrogen-bond donors (Lipinski definition) is 0. The highest BCUT2D eigenvalue weighted by molar-refractivity contribution is 5.87. The van der Waals surface area contributed by atoms with Crippen molar-refractivity contribution >= 4 is 11.8 Å². The lowest BCUT2D eigenvalue weighted by atomic mass is 9.67. The van der Waals surface area contributed by atoms with Crippen molar-refractivity contribution in [2.24, 2.45) is 17.8 Å². The summed E-state index contributed by atoms with van der Waals surface area (Å²) in [5, 5.41) is 8.91. The van der Waals surface area contributed by atoms with E-state index in [9.17, 15) is 9.59 Å². The Morgan fingerprint density at radius 3 is 2.52 bits per heavy atom. The standard InChI is InChI=1S/C18H19NO4/c1-22-16-7-11(10-19)5-6-15(16)23-18(21)14-8-12-3-2-4-13(9-14)17(12)20/h5-7,12-14H,2-4,8-9H2,1H3. The first-order valence-electron chi connectivity index (χ1n) is 7.96. The van der Waals surface area contributed by atoms with E-state index >= 15 is 0 Å². The van der Waals surface area contributed by atoms with Crippen LogP contribution >= 0.6 is 0 Å². The van der Waals surface area contributed by atoms with Gasteiger partial charge in [0.2, 0.25) is 0 Å². The molecule has 0 aliphatic heterocycles. The van der Waals surface area contributed by atoms with Crippen LogP contribution in [0.4, 0.5) is 0 Å². The van der Waals surface area contributed by atoms with E-state index in [1.54, 1.807) is 18.2 Å². The van der Waals surface area contributed by atoms with Gasteiger partial charge in [-0.15, -0.1) is 0 Å². The van der Waals surface area contributed by atoms with Gasteiger partial charge in [0, 0.05) is 17.9 Å². The van der Waals surface area contributed by atoms with Crippen LogP contribution in [0.5, 0.6) is 11.5 Å². The Kier molecular flexibility index (Phi) is 4.33. The largest absolute Gasteiger partial charge is 0.493 e. The average molecular weight is 313 g/mol. The van der Waals surface area contributed by atoms with Gasteiger partial charge in [-0.2, -0.15) is 5.26 Å². The number of ether oxygens (including phenoxy) is 2. The molecule has 2 unspecified atom stereocenters. The van der Waals surface area contributed by atoms with Gasteiger partial charge in [0.05, 0.1) is 24.7 Å². The number of fused-ring (bicyclic) bond motifs is 2. The van der Waals surface area contributed by atoms with Crippen molar-refractivity contribution in [1.29, 1.82) is 5.26 Å². The number of nitrogens with zero attached hydrogens (tertiary/aromatic N) is 1. The minimum Gasteiger partial charge on any atom is -0.493 e. The Hall–Kier alpha value is -2.35. The van der Waals surface area contributed by atoms with E-state index in [0.717, 1.165) is 19.3 Å². The second kappa shape index (κ2) is 6.41. The van der Waals surface area contributed by atoms with Crippen molar-refractivity contribution in [1.82, 2.24) is 0 Å². The molecule has 1 aromatic rings. The molecule has 5 heteroatoms. The van der Waals surface area contributed by atoms with Crippen molar-refractivity contribution in [3.05, 3.63) is 23.8 Å². The number of methoxy groups -OCH3 is 1. The third kappa shape index (κ3) is 3.07. The number of carbonyl (C=O) groups is 2. The second-order valence-corrected chi connectivity index (χ2v) is 6.29. The lowest BCUT2D eigenvalue weighted by Gasteiger charge is -2.36. The molecule has 120 valence electrons. The number of esters is 1. The second-order valence-electron chi connectivity index (χ2n) is 6.29. The average Bonchev–Trinajstić information content (AvgIpc) is 2.54. The van der Waals surface area contributed by atoms with Crippen molar-refractivity contribution in [2.45, 2.75) is 32.1 Å². The van der Waals surface area contributed by atoms with E-state index in [-0.39, 0.29) is 23.7 Å². The molecule has 0 amide bonds. The van der Waals surface area contributed by atoms with Crippen LogP contribution in [0, 0.1) is 29.1 Å². The predicted octanol–water partition coefficient (Wildman–Crippen LogP) is 2.87. The molecule has 1 aromatic carbocycles. The molecule has 0 spiro atoms. The molecule has 0 heterocycles. The topological polar surface area (TPSA) is 76.4 Å². The van der Waals surface area contributed by atoms with Crippen molar-refractivity contribution in [3.8, 4) is 17.6 Å². The van der Waals surface area contributed by atoms with Crippen LogP contribution in [0.3, 0.4) is 0 Å². The van der Waals surface area contributed by atoms with Gasteiger partial charge in [0.25, 0.3) is 0 Å². The molecule has 0 radical (unpaired) electrons. The molecule has 23 heavy (non-hydrogen) atoms. The maximum absolute atomic E-state index is 12.5. The maximum atomic E-state index is 12.5. The van der Waals surface area contributed by atoms with Gasteiger partial charge in [0.1, 0.15) is 5.78 Å². The normalized spacial score (nSPS) is 26.3. The number of ketones is 1. The minimum absolute atomic E-state index is 0.0166. The van der Waals surface area contributed by atoms with Crippen LogP contribution in [0.15, 0.2) is 18.2 Å². The van der Waals surface area contributed by atoms with Crippen LogP contribution < -0.4 is 9.47 Å². The molecule has 0 N–H and O–H groups in total. The van der Waals surface area contributed by atoms with Gasteiger partial charge >= 0.3 is 5.97 Å². The van der Waals surface area contributed by atoms with Gasteiger partial charge < -0.3 is 9.47 Å². The SMILES string of the molecule is COc1cc(C#N)ccc1OC(=O)C1CC2CCCC(C1)C2=O. The molecular formula is C18H19NO4. The van der Waals surface area contributed by atoms with Gasteiger partial charge in [0.15, 0.2) is 11.5 Å². The summed E-state index contributed by atoms with van der Waals surface area (Å²) in [6, 6.07) is 6.72. The Morgan fingerprint density at radius 2 is 1.91 bits per heavy atom. The number of rotatable bonds is 3. The maximum Gasteiger partial charge on any atom is 0.314 e. The highest BCUT2D eigenvalue weighted by Crippen LogP contribution is 2.41. The lowest BCUT2D eigenvalue weighted by molar-refractivity contribution is -0.145. The summed E-state index contributed by atoms with van der Waals surface area (Å²) in [5.74, 6) is 0.505. The molecule has 2 aliphatic carbocycles. The van der Waals surface area contributed by atoms with E-state index < -0.39 is 0 Å². The molecular weight excluding hydrogens is 294 g/mol. The third-order valence-corrected chi connectivity index (χ3v) is 4.88. The summed E-state index contributed by atoms with van der Waals surface area (Å²) in [5.41, 5.74) is 0.444. The highest BCUT2D eigenvalue weighted by Gasteiger charge is 2.42. The van der Waals surface area contributed by atoms with E-state index in [4.69, 9.17) is 14.7 Å². The monoisotopic (exact) mass is 313 g/mol. The Labute approximate surface area is 135 Å². The van der Waals surface area contributed by atoms with Crippen molar-refractivity contribution in [2.75, 3.05) is 7.11 Å². The predicted molar refractivity (Wildman–Crippen MR) is 81.9 cm³/mol. The summed E-state index contributed by atoms with van der Waals surface area (Å²) in [4.78, 5) is 24.6. The number of nitriles is 1. The Morgan fingerprint density at radius 1 is 1.22 bits per heavy atom. The van der Waals surface area contributed by atoms with Gasteiger partial charge in [-0.3, -0.25) is 9.59 Å². The zero-order valence-electron chi connectivity index (χ0n) is 13.1. The fraction of sp³-hybridized carbons (Fsp3) is 0.500. The molecule has 2 bridgehead atoms. The summed E-state index contributed by atoms with van der Waals surface area (Å²) in [7, 11) is 1.47. The minimum atomic E-state index is -0.308. The molecule has 0 saturated heterocycles. The molecule has 5 nitrogen and oxygen atoms in total. The van der Waals surface area contributed by atoms with Gasteiger partial charge in [-0.25, -0.2) is 0 Å². The van der Waals surface area contributed by atoms with E-state index in [2.05, 4.69) is 0 Å². The molecule has 3 rings (SSSR count). The van der Waals surface area contributed by atoms with Gasteiger partial charge in [-0.1, -0.05) is 6.42 Å². The van der Waals surface area contributed by atoms with Gasteiger partial charge in [-0.05, 0) is 37.8 Å². The quantitative estimate of drug-likeness (QED) is 0.633. The number of carbonyl (C=O) groups excluding carboxylic acids is 2. The van der Waals surface area contributed by atoms with Crippen LogP contribution in [-0.2, 0) is 9.59 Å². The molecule has 2 aliphatic rings. The third-order valence-electron chi connectivity index (χ3n) is 4.88. The first-order chi connectivity index (χ1) is 11.1. The summed E-state index contributed by atoms with van der Waals surface area (Å²) in [6.45, 7) is 0. The van der Waals surface area contributed by atoms with Crippen LogP contribution in [0.25, 0.3) is 0 Å². The van der Waals surface area contributed by atoms with E-state index in [1.165, 1.54) is 7.11 Å². The molecule has 2 saturated carbocycles. The number of hydrogen-bond acceptors (Lipinski definition) is 5. The fourth-order valence-corrected chi connectivity index (χ4v) is 3.69. The van der Waals surface area contributed by atoms with E-state index in [1.807, 2.05) is 6.07 Å². The summed E-state index contributed by atoms with van der Waals surface area (Å²) >= 11 is 0. The van der Waals surface area contributed by atoms with Crippen molar-refractivity contribution < 1.29 is 19.1 Å². The lowest BCUT2D eigenvalue weighted by Crippen LogP contribution is -2.40. The Balaban J connectivity index is 1.73.